The van der Waals surface area contributed by atoms with Gasteiger partial charge >= 0.3 is 0 Å². The van der Waals surface area contributed by atoms with Crippen molar-refractivity contribution >= 4 is 17.3 Å². The number of carbonyl (C=O) groups excluding carboxylic acids is 1. The topological polar surface area (TPSA) is 75.9 Å². The number of amides is 1. The number of rotatable bonds is 6. The van der Waals surface area contributed by atoms with Gasteiger partial charge in [0.05, 0.1) is 0 Å². The SMILES string of the molecule is CC(C)c1ccc(-c2nnn(CC(=O)Nc3ccc(N(C)C)cc3)n2)cc1. The lowest BCUT2D eigenvalue weighted by Crippen LogP contribution is -2.20. The Kier molecular flexibility index (Phi) is 5.49. The normalized spacial score (nSPS) is 10.9. The zero-order valence-electron chi connectivity index (χ0n) is 16.0. The molecule has 27 heavy (non-hydrogen) atoms. The van der Waals surface area contributed by atoms with Crippen LogP contribution in [0.2, 0.25) is 0 Å². The van der Waals surface area contributed by atoms with E-state index in [1.165, 1.54) is 10.4 Å². The van der Waals surface area contributed by atoms with Gasteiger partial charge in [0.15, 0.2) is 0 Å². The van der Waals surface area contributed by atoms with E-state index >= 15 is 0 Å². The molecule has 140 valence electrons. The van der Waals surface area contributed by atoms with E-state index < -0.39 is 0 Å². The van der Waals surface area contributed by atoms with Crippen molar-refractivity contribution in [3.05, 3.63) is 54.1 Å². The molecule has 1 N–H and O–H groups in total. The molecule has 0 aliphatic heterocycles. The van der Waals surface area contributed by atoms with E-state index in [1.54, 1.807) is 0 Å². The van der Waals surface area contributed by atoms with Crippen LogP contribution in [0.15, 0.2) is 48.5 Å². The van der Waals surface area contributed by atoms with Gasteiger partial charge in [-0.05, 0) is 41.0 Å². The van der Waals surface area contributed by atoms with Gasteiger partial charge in [-0.15, -0.1) is 10.2 Å². The number of hydrogen-bond acceptors (Lipinski definition) is 5. The number of aromatic nitrogens is 4. The standard InChI is InChI=1S/C20H24N6O/c1-14(2)15-5-7-16(8-6-15)20-22-24-26(23-20)13-19(27)21-17-9-11-18(12-10-17)25(3)4/h5-12,14H,13H2,1-4H3,(H,21,27). The second-order valence-electron chi connectivity index (χ2n) is 6.91. The molecule has 1 heterocycles. The summed E-state index contributed by atoms with van der Waals surface area (Å²) in [6.07, 6.45) is 0. The molecule has 0 saturated carbocycles. The van der Waals surface area contributed by atoms with Gasteiger partial charge in [0.25, 0.3) is 0 Å². The minimum atomic E-state index is -0.202. The highest BCUT2D eigenvalue weighted by Gasteiger charge is 2.10. The molecule has 0 atom stereocenters. The summed E-state index contributed by atoms with van der Waals surface area (Å²) in [7, 11) is 3.94. The first-order chi connectivity index (χ1) is 12.9. The summed E-state index contributed by atoms with van der Waals surface area (Å²) >= 11 is 0. The molecule has 0 aliphatic rings. The van der Waals surface area contributed by atoms with Crippen LogP contribution in [-0.4, -0.2) is 40.2 Å². The zero-order chi connectivity index (χ0) is 19.4. The van der Waals surface area contributed by atoms with Gasteiger partial charge < -0.3 is 10.2 Å². The smallest absolute Gasteiger partial charge is 0.248 e. The van der Waals surface area contributed by atoms with Gasteiger partial charge in [0, 0.05) is 31.0 Å². The Bertz CT molecular complexity index is 897. The van der Waals surface area contributed by atoms with Crippen molar-refractivity contribution in [3.8, 4) is 11.4 Å². The highest BCUT2D eigenvalue weighted by atomic mass is 16.2. The molecule has 0 unspecified atom stereocenters. The summed E-state index contributed by atoms with van der Waals surface area (Å²) in [6.45, 7) is 4.30. The maximum atomic E-state index is 12.2. The predicted molar refractivity (Wildman–Crippen MR) is 107 cm³/mol. The van der Waals surface area contributed by atoms with Crippen LogP contribution in [0, 0.1) is 0 Å². The fourth-order valence-electron chi connectivity index (χ4n) is 2.61. The second-order valence-corrected chi connectivity index (χ2v) is 6.91. The summed E-state index contributed by atoms with van der Waals surface area (Å²) < 4.78 is 0. The first kappa shape index (κ1) is 18.6. The quantitative estimate of drug-likeness (QED) is 0.727. The molecule has 1 aromatic heterocycles. The van der Waals surface area contributed by atoms with E-state index in [2.05, 4.69) is 46.7 Å². The molecule has 0 bridgehead atoms. The lowest BCUT2D eigenvalue weighted by atomic mass is 10.0. The maximum absolute atomic E-state index is 12.2. The minimum Gasteiger partial charge on any atom is -0.378 e. The first-order valence-electron chi connectivity index (χ1n) is 8.88. The molecular weight excluding hydrogens is 340 g/mol. The number of anilines is 2. The zero-order valence-corrected chi connectivity index (χ0v) is 16.0. The molecule has 0 fully saturated rings. The molecule has 2 aromatic carbocycles. The highest BCUT2D eigenvalue weighted by molar-refractivity contribution is 5.90. The monoisotopic (exact) mass is 364 g/mol. The van der Waals surface area contributed by atoms with Crippen LogP contribution in [0.4, 0.5) is 11.4 Å². The van der Waals surface area contributed by atoms with Gasteiger partial charge in [0.1, 0.15) is 6.54 Å². The Hall–Kier alpha value is -3.22. The van der Waals surface area contributed by atoms with Crippen molar-refractivity contribution in [3.63, 3.8) is 0 Å². The number of nitrogens with one attached hydrogen (secondary N) is 1. The van der Waals surface area contributed by atoms with Gasteiger partial charge in [-0.25, -0.2) is 0 Å². The summed E-state index contributed by atoms with van der Waals surface area (Å²) in [5.74, 6) is 0.776. The highest BCUT2D eigenvalue weighted by Crippen LogP contribution is 2.19. The first-order valence-corrected chi connectivity index (χ1v) is 8.88. The van der Waals surface area contributed by atoms with Gasteiger partial charge in [0.2, 0.25) is 11.7 Å². The largest absolute Gasteiger partial charge is 0.378 e. The summed E-state index contributed by atoms with van der Waals surface area (Å²) in [5.41, 5.74) is 3.94. The van der Waals surface area contributed by atoms with Crippen molar-refractivity contribution in [2.24, 2.45) is 0 Å². The lowest BCUT2D eigenvalue weighted by molar-refractivity contribution is -0.117. The third-order valence-corrected chi connectivity index (χ3v) is 4.24. The average molecular weight is 364 g/mol. The summed E-state index contributed by atoms with van der Waals surface area (Å²) in [5, 5.41) is 15.2. The summed E-state index contributed by atoms with van der Waals surface area (Å²) in [6, 6.07) is 15.7. The molecule has 0 aliphatic carbocycles. The van der Waals surface area contributed by atoms with Gasteiger partial charge in [-0.1, -0.05) is 38.1 Å². The fraction of sp³-hybridized carbons (Fsp3) is 0.300. The predicted octanol–water partition coefficient (Wildman–Crippen LogP) is 3.17. The van der Waals surface area contributed by atoms with Crippen LogP contribution in [0.25, 0.3) is 11.4 Å². The molecule has 1 amide bonds. The fourth-order valence-corrected chi connectivity index (χ4v) is 2.61. The van der Waals surface area contributed by atoms with E-state index in [0.717, 1.165) is 16.9 Å². The van der Waals surface area contributed by atoms with Gasteiger partial charge in [-0.3, -0.25) is 4.79 Å². The Labute approximate surface area is 159 Å². The number of carbonyl (C=O) groups is 1. The van der Waals surface area contributed by atoms with Crippen molar-refractivity contribution < 1.29 is 4.79 Å². The third kappa shape index (κ3) is 4.69. The Morgan fingerprint density at radius 2 is 1.74 bits per heavy atom. The van der Waals surface area contributed by atoms with Crippen molar-refractivity contribution in [1.82, 2.24) is 20.2 Å². The minimum absolute atomic E-state index is 0.00646. The lowest BCUT2D eigenvalue weighted by Gasteiger charge is -2.12. The Morgan fingerprint density at radius 3 is 2.33 bits per heavy atom. The van der Waals surface area contributed by atoms with Crippen LogP contribution in [0.3, 0.4) is 0 Å². The average Bonchev–Trinajstić information content (AvgIpc) is 3.10. The van der Waals surface area contributed by atoms with Crippen LogP contribution < -0.4 is 10.2 Å². The number of benzene rings is 2. The molecule has 0 saturated heterocycles. The molecule has 0 radical (unpaired) electrons. The molecule has 3 rings (SSSR count). The van der Waals surface area contributed by atoms with E-state index in [-0.39, 0.29) is 12.5 Å². The van der Waals surface area contributed by atoms with Crippen molar-refractivity contribution in [2.45, 2.75) is 26.3 Å². The maximum Gasteiger partial charge on any atom is 0.248 e. The van der Waals surface area contributed by atoms with Crippen molar-refractivity contribution in [2.75, 3.05) is 24.3 Å². The summed E-state index contributed by atoms with van der Waals surface area (Å²) in [4.78, 5) is 15.5. The molecule has 0 spiro atoms. The van der Waals surface area contributed by atoms with Crippen LogP contribution >= 0.6 is 0 Å². The van der Waals surface area contributed by atoms with Crippen molar-refractivity contribution in [1.29, 1.82) is 0 Å². The van der Waals surface area contributed by atoms with E-state index in [0.29, 0.717) is 11.7 Å². The molecule has 7 nitrogen and oxygen atoms in total. The Morgan fingerprint density at radius 1 is 1.07 bits per heavy atom. The molecular formula is C20H24N6O. The van der Waals surface area contributed by atoms with E-state index in [4.69, 9.17) is 0 Å². The van der Waals surface area contributed by atoms with Crippen LogP contribution in [-0.2, 0) is 11.3 Å². The Balaban J connectivity index is 1.62. The van der Waals surface area contributed by atoms with E-state index in [1.807, 2.05) is 55.4 Å². The number of nitrogens with zero attached hydrogens (tertiary/aromatic N) is 5. The van der Waals surface area contributed by atoms with Gasteiger partial charge in [-0.2, -0.15) is 4.80 Å². The third-order valence-electron chi connectivity index (χ3n) is 4.24. The van der Waals surface area contributed by atoms with Crippen LogP contribution in [0.5, 0.6) is 0 Å². The molecule has 3 aromatic rings. The number of hydrogen-bond donors (Lipinski definition) is 1. The van der Waals surface area contributed by atoms with E-state index in [9.17, 15) is 4.79 Å². The second kappa shape index (κ2) is 7.99. The number of tetrazole rings is 1. The molecule has 7 heteroatoms. The van der Waals surface area contributed by atoms with Crippen LogP contribution in [0.1, 0.15) is 25.3 Å².